The molecule has 1 aliphatic rings. The first kappa shape index (κ1) is 10.1. The average molecular weight is 181 g/mol. The van der Waals surface area contributed by atoms with Crippen molar-refractivity contribution < 1.29 is 0 Å². The summed E-state index contributed by atoms with van der Waals surface area (Å²) in [5, 5.41) is 0.742. The molecule has 0 aliphatic carbocycles. The molecule has 0 spiro atoms. The first-order valence-corrected chi connectivity index (χ1v) is 4.07. The van der Waals surface area contributed by atoms with E-state index in [1.807, 2.05) is 0 Å². The number of rotatable bonds is 0. The molecule has 0 fully saturated rings. The second kappa shape index (κ2) is 3.49. The molecule has 0 aromatic heterocycles. The second-order valence-electron chi connectivity index (χ2n) is 2.86. The number of hydrogen-bond acceptors (Lipinski definition) is 3. The summed E-state index contributed by atoms with van der Waals surface area (Å²) in [5.41, 5.74) is 5.62. The molecule has 0 aromatic rings. The molecule has 0 aromatic carbocycles. The summed E-state index contributed by atoms with van der Waals surface area (Å²) in [6, 6.07) is 0. The molecule has 10 heavy (non-hydrogen) atoms. The molecule has 0 unspecified atom stereocenters. The third-order valence-electron chi connectivity index (χ3n) is 1.38. The third-order valence-corrected chi connectivity index (χ3v) is 2.17. The van der Waals surface area contributed by atoms with Crippen LogP contribution in [0.15, 0.2) is 4.99 Å². The summed E-state index contributed by atoms with van der Waals surface area (Å²) in [4.78, 5) is 4.27. The lowest BCUT2D eigenvalue weighted by Gasteiger charge is -2.23. The smallest absolute Gasteiger partial charge is 0.154 e. The SMILES string of the molecule is CC1(C)CCSC(N)=N1.Cl. The van der Waals surface area contributed by atoms with E-state index in [1.54, 1.807) is 11.8 Å². The van der Waals surface area contributed by atoms with Gasteiger partial charge in [-0.3, -0.25) is 4.99 Å². The van der Waals surface area contributed by atoms with E-state index in [4.69, 9.17) is 5.73 Å². The van der Waals surface area contributed by atoms with Gasteiger partial charge in [-0.2, -0.15) is 0 Å². The standard InChI is InChI=1S/C6H12N2S.ClH/c1-6(2)3-4-9-5(7)8-6;/h3-4H2,1-2H3,(H2,7,8);1H. The third kappa shape index (κ3) is 2.80. The molecule has 2 N–H and O–H groups in total. The van der Waals surface area contributed by atoms with Crippen LogP contribution in [0.1, 0.15) is 20.3 Å². The van der Waals surface area contributed by atoms with Gasteiger partial charge in [0, 0.05) is 5.75 Å². The topological polar surface area (TPSA) is 38.4 Å². The van der Waals surface area contributed by atoms with Crippen molar-refractivity contribution in [2.45, 2.75) is 25.8 Å². The molecule has 0 saturated carbocycles. The minimum Gasteiger partial charge on any atom is -0.379 e. The van der Waals surface area contributed by atoms with Gasteiger partial charge >= 0.3 is 0 Å². The van der Waals surface area contributed by atoms with Crippen LogP contribution >= 0.6 is 24.2 Å². The van der Waals surface area contributed by atoms with E-state index in [9.17, 15) is 0 Å². The first-order chi connectivity index (χ1) is 4.10. The van der Waals surface area contributed by atoms with E-state index >= 15 is 0 Å². The van der Waals surface area contributed by atoms with Crippen molar-refractivity contribution in [3.63, 3.8) is 0 Å². The van der Waals surface area contributed by atoms with Gasteiger partial charge in [0.15, 0.2) is 5.17 Å². The van der Waals surface area contributed by atoms with Gasteiger partial charge < -0.3 is 5.73 Å². The highest BCUT2D eigenvalue weighted by Gasteiger charge is 2.20. The van der Waals surface area contributed by atoms with Crippen LogP contribution < -0.4 is 5.73 Å². The zero-order chi connectivity index (χ0) is 6.91. The zero-order valence-corrected chi connectivity index (χ0v) is 7.89. The number of thioether (sulfide) groups is 1. The van der Waals surface area contributed by atoms with Crippen LogP contribution in [0, 0.1) is 0 Å². The fraction of sp³-hybridized carbons (Fsp3) is 0.833. The van der Waals surface area contributed by atoms with E-state index < -0.39 is 0 Å². The molecule has 0 amide bonds. The van der Waals surface area contributed by atoms with Gasteiger partial charge in [0.2, 0.25) is 0 Å². The van der Waals surface area contributed by atoms with Gasteiger partial charge in [-0.05, 0) is 20.3 Å². The first-order valence-electron chi connectivity index (χ1n) is 3.08. The van der Waals surface area contributed by atoms with Crippen molar-refractivity contribution in [2.75, 3.05) is 5.75 Å². The van der Waals surface area contributed by atoms with Gasteiger partial charge in [-0.25, -0.2) is 0 Å². The number of hydrogen-bond donors (Lipinski definition) is 1. The quantitative estimate of drug-likeness (QED) is 0.616. The highest BCUT2D eigenvalue weighted by atomic mass is 35.5. The molecular weight excluding hydrogens is 168 g/mol. The number of nitrogens with zero attached hydrogens (tertiary/aromatic N) is 1. The maximum absolute atomic E-state index is 5.52. The second-order valence-corrected chi connectivity index (χ2v) is 3.98. The Morgan fingerprint density at radius 2 is 2.20 bits per heavy atom. The minimum absolute atomic E-state index is 0. The fourth-order valence-electron chi connectivity index (χ4n) is 0.792. The lowest BCUT2D eigenvalue weighted by atomic mass is 10.0. The highest BCUT2D eigenvalue weighted by molar-refractivity contribution is 8.13. The van der Waals surface area contributed by atoms with Crippen LogP contribution in [0.2, 0.25) is 0 Å². The van der Waals surface area contributed by atoms with Crippen LogP contribution in [0.5, 0.6) is 0 Å². The molecular formula is C6H13ClN2S. The Balaban J connectivity index is 0.000000810. The molecule has 4 heteroatoms. The maximum Gasteiger partial charge on any atom is 0.154 e. The van der Waals surface area contributed by atoms with E-state index in [1.165, 1.54) is 0 Å². The Kier molecular flexibility index (Phi) is 3.52. The van der Waals surface area contributed by atoms with Crippen molar-refractivity contribution in [3.05, 3.63) is 0 Å². The number of aliphatic imine (C=N–C) groups is 1. The van der Waals surface area contributed by atoms with E-state index in [-0.39, 0.29) is 17.9 Å². The lowest BCUT2D eigenvalue weighted by Crippen LogP contribution is -2.27. The van der Waals surface area contributed by atoms with E-state index in [0.29, 0.717) is 0 Å². The largest absolute Gasteiger partial charge is 0.379 e. The number of halogens is 1. The minimum atomic E-state index is 0. The number of nitrogens with two attached hydrogens (primary N) is 1. The summed E-state index contributed by atoms with van der Waals surface area (Å²) in [5.74, 6) is 1.11. The van der Waals surface area contributed by atoms with Crippen LogP contribution in [-0.2, 0) is 0 Å². The fourth-order valence-corrected chi connectivity index (χ4v) is 1.91. The van der Waals surface area contributed by atoms with Gasteiger partial charge in [0.05, 0.1) is 5.54 Å². The Labute approximate surface area is 72.1 Å². The predicted molar refractivity (Wildman–Crippen MR) is 50.0 cm³/mol. The van der Waals surface area contributed by atoms with Crippen molar-refractivity contribution in [1.29, 1.82) is 0 Å². The Morgan fingerprint density at radius 3 is 2.50 bits per heavy atom. The molecule has 0 radical (unpaired) electrons. The molecule has 1 rings (SSSR count). The van der Waals surface area contributed by atoms with E-state index in [2.05, 4.69) is 18.8 Å². The molecule has 2 nitrogen and oxygen atoms in total. The summed E-state index contributed by atoms with van der Waals surface area (Å²) in [7, 11) is 0. The molecule has 0 atom stereocenters. The Hall–Kier alpha value is 0.110. The van der Waals surface area contributed by atoms with Crippen molar-refractivity contribution >= 4 is 29.3 Å². The summed E-state index contributed by atoms with van der Waals surface area (Å²) < 4.78 is 0. The van der Waals surface area contributed by atoms with Crippen LogP contribution in [0.3, 0.4) is 0 Å². The van der Waals surface area contributed by atoms with Crippen LogP contribution in [-0.4, -0.2) is 16.5 Å². The van der Waals surface area contributed by atoms with Crippen LogP contribution in [0.4, 0.5) is 0 Å². The molecule has 0 saturated heterocycles. The van der Waals surface area contributed by atoms with Crippen LogP contribution in [0.25, 0.3) is 0 Å². The van der Waals surface area contributed by atoms with E-state index in [0.717, 1.165) is 17.3 Å². The molecule has 1 heterocycles. The zero-order valence-electron chi connectivity index (χ0n) is 6.26. The normalized spacial score (nSPS) is 22.8. The predicted octanol–water partition coefficient (Wildman–Crippen LogP) is 1.64. The highest BCUT2D eigenvalue weighted by Crippen LogP contribution is 2.23. The monoisotopic (exact) mass is 180 g/mol. The molecule has 1 aliphatic heterocycles. The van der Waals surface area contributed by atoms with Gasteiger partial charge in [-0.15, -0.1) is 12.4 Å². The average Bonchev–Trinajstić information content (AvgIpc) is 1.60. The maximum atomic E-state index is 5.52. The summed E-state index contributed by atoms with van der Waals surface area (Å²) in [6.45, 7) is 4.22. The molecule has 60 valence electrons. The Morgan fingerprint density at radius 1 is 1.60 bits per heavy atom. The summed E-state index contributed by atoms with van der Waals surface area (Å²) >= 11 is 1.65. The van der Waals surface area contributed by atoms with Gasteiger partial charge in [-0.1, -0.05) is 11.8 Å². The van der Waals surface area contributed by atoms with Crippen molar-refractivity contribution in [2.24, 2.45) is 10.7 Å². The van der Waals surface area contributed by atoms with Gasteiger partial charge in [0.25, 0.3) is 0 Å². The van der Waals surface area contributed by atoms with Gasteiger partial charge in [0.1, 0.15) is 0 Å². The lowest BCUT2D eigenvalue weighted by molar-refractivity contribution is 0.507. The summed E-state index contributed by atoms with van der Waals surface area (Å²) in [6.07, 6.45) is 1.14. The Bertz CT molecular complexity index is 145. The molecule has 0 bridgehead atoms. The number of amidine groups is 1. The van der Waals surface area contributed by atoms with Crippen molar-refractivity contribution in [3.8, 4) is 0 Å². The van der Waals surface area contributed by atoms with Crippen molar-refractivity contribution in [1.82, 2.24) is 0 Å².